The standard InChI is InChI=1S/C12H16N4O2/c1-12(5-3-4-6-12)10-13-7-8(14-10)16(2)11(18)15-9(7)17/h3-6H2,1-2H3,(H,13,14)(H,15,17,18). The Morgan fingerprint density at radius 2 is 1.89 bits per heavy atom. The van der Waals surface area contributed by atoms with Gasteiger partial charge in [-0.15, -0.1) is 0 Å². The molecule has 1 aliphatic carbocycles. The molecule has 2 aromatic rings. The number of aromatic amines is 2. The first kappa shape index (κ1) is 11.3. The van der Waals surface area contributed by atoms with Gasteiger partial charge < -0.3 is 4.98 Å². The van der Waals surface area contributed by atoms with Crippen molar-refractivity contribution >= 4 is 11.2 Å². The summed E-state index contributed by atoms with van der Waals surface area (Å²) in [6.45, 7) is 2.16. The van der Waals surface area contributed by atoms with Crippen LogP contribution in [0, 0.1) is 0 Å². The van der Waals surface area contributed by atoms with Crippen LogP contribution >= 0.6 is 0 Å². The molecule has 18 heavy (non-hydrogen) atoms. The summed E-state index contributed by atoms with van der Waals surface area (Å²) in [6, 6.07) is 0. The maximum Gasteiger partial charge on any atom is 0.329 e. The summed E-state index contributed by atoms with van der Waals surface area (Å²) >= 11 is 0. The van der Waals surface area contributed by atoms with Crippen LogP contribution in [0.1, 0.15) is 38.4 Å². The van der Waals surface area contributed by atoms with E-state index in [1.807, 2.05) is 0 Å². The summed E-state index contributed by atoms with van der Waals surface area (Å²) in [5.41, 5.74) is 0.00397. The first-order valence-electron chi connectivity index (χ1n) is 6.21. The zero-order valence-electron chi connectivity index (χ0n) is 10.5. The Hall–Kier alpha value is -1.85. The minimum atomic E-state index is -0.429. The molecule has 0 atom stereocenters. The number of rotatable bonds is 1. The fourth-order valence-electron chi connectivity index (χ4n) is 2.78. The normalized spacial score (nSPS) is 18.6. The molecule has 6 heteroatoms. The summed E-state index contributed by atoms with van der Waals surface area (Å²) in [5.74, 6) is 0.821. The third kappa shape index (κ3) is 1.45. The van der Waals surface area contributed by atoms with E-state index in [9.17, 15) is 9.59 Å². The van der Waals surface area contributed by atoms with Crippen LogP contribution in [0.15, 0.2) is 9.59 Å². The number of hydrogen-bond acceptors (Lipinski definition) is 3. The lowest BCUT2D eigenvalue weighted by atomic mass is 9.88. The summed E-state index contributed by atoms with van der Waals surface area (Å²) in [6.07, 6.45) is 4.50. The zero-order chi connectivity index (χ0) is 12.9. The van der Waals surface area contributed by atoms with Crippen molar-refractivity contribution in [3.8, 4) is 0 Å². The van der Waals surface area contributed by atoms with Gasteiger partial charge in [0.05, 0.1) is 0 Å². The number of fused-ring (bicyclic) bond motifs is 1. The SMILES string of the molecule is Cn1c(=O)[nH]c(=O)c2[nH]c(C3(C)CCCC3)nc21. The first-order valence-corrected chi connectivity index (χ1v) is 6.21. The maximum atomic E-state index is 11.7. The molecule has 0 spiro atoms. The fourth-order valence-corrected chi connectivity index (χ4v) is 2.78. The highest BCUT2D eigenvalue weighted by molar-refractivity contribution is 5.69. The van der Waals surface area contributed by atoms with Crippen LogP contribution in [0.3, 0.4) is 0 Å². The van der Waals surface area contributed by atoms with Gasteiger partial charge >= 0.3 is 5.69 Å². The van der Waals surface area contributed by atoms with E-state index in [0.29, 0.717) is 11.2 Å². The van der Waals surface area contributed by atoms with E-state index >= 15 is 0 Å². The lowest BCUT2D eigenvalue weighted by Crippen LogP contribution is -2.28. The molecule has 1 aliphatic rings. The average Bonchev–Trinajstić information content (AvgIpc) is 2.93. The van der Waals surface area contributed by atoms with Crippen LogP contribution in [0.2, 0.25) is 0 Å². The molecule has 0 aliphatic heterocycles. The lowest BCUT2D eigenvalue weighted by Gasteiger charge is -2.19. The number of H-pyrrole nitrogens is 2. The van der Waals surface area contributed by atoms with Crippen molar-refractivity contribution in [3.63, 3.8) is 0 Å². The highest BCUT2D eigenvalue weighted by atomic mass is 16.2. The van der Waals surface area contributed by atoms with E-state index < -0.39 is 11.2 Å². The fraction of sp³-hybridized carbons (Fsp3) is 0.583. The number of imidazole rings is 1. The molecule has 2 aromatic heterocycles. The minimum absolute atomic E-state index is 0.00150. The largest absolute Gasteiger partial charge is 0.336 e. The molecule has 2 heterocycles. The molecule has 0 radical (unpaired) electrons. The second-order valence-corrected chi connectivity index (χ2v) is 5.37. The Morgan fingerprint density at radius 3 is 2.56 bits per heavy atom. The van der Waals surface area contributed by atoms with E-state index in [2.05, 4.69) is 21.9 Å². The van der Waals surface area contributed by atoms with Crippen molar-refractivity contribution in [3.05, 3.63) is 26.7 Å². The van der Waals surface area contributed by atoms with Gasteiger partial charge in [0.1, 0.15) is 11.3 Å². The third-order valence-electron chi connectivity index (χ3n) is 4.03. The van der Waals surface area contributed by atoms with E-state index in [4.69, 9.17) is 0 Å². The monoisotopic (exact) mass is 248 g/mol. The summed E-state index contributed by atoms with van der Waals surface area (Å²) < 4.78 is 1.37. The molecule has 3 rings (SSSR count). The predicted octanol–water partition coefficient (Wildman–Crippen LogP) is 0.782. The van der Waals surface area contributed by atoms with Gasteiger partial charge in [0, 0.05) is 12.5 Å². The number of aryl methyl sites for hydroxylation is 1. The van der Waals surface area contributed by atoms with Gasteiger partial charge in [0.2, 0.25) is 0 Å². The Balaban J connectivity index is 2.29. The Morgan fingerprint density at radius 1 is 1.22 bits per heavy atom. The lowest BCUT2D eigenvalue weighted by molar-refractivity contribution is 0.464. The van der Waals surface area contributed by atoms with Crippen molar-refractivity contribution in [2.45, 2.75) is 38.0 Å². The van der Waals surface area contributed by atoms with Crippen LogP contribution < -0.4 is 11.2 Å². The van der Waals surface area contributed by atoms with Gasteiger partial charge in [-0.05, 0) is 12.8 Å². The van der Waals surface area contributed by atoms with Gasteiger partial charge in [-0.3, -0.25) is 14.3 Å². The second-order valence-electron chi connectivity index (χ2n) is 5.37. The van der Waals surface area contributed by atoms with Gasteiger partial charge in [0.15, 0.2) is 5.65 Å². The smallest absolute Gasteiger partial charge is 0.329 e. The van der Waals surface area contributed by atoms with E-state index in [1.54, 1.807) is 7.05 Å². The highest BCUT2D eigenvalue weighted by Crippen LogP contribution is 2.39. The number of aromatic nitrogens is 4. The predicted molar refractivity (Wildman–Crippen MR) is 67.8 cm³/mol. The molecule has 0 unspecified atom stereocenters. The van der Waals surface area contributed by atoms with E-state index in [1.165, 1.54) is 17.4 Å². The van der Waals surface area contributed by atoms with Crippen molar-refractivity contribution in [1.29, 1.82) is 0 Å². The molecule has 0 bridgehead atoms. The van der Waals surface area contributed by atoms with Crippen molar-refractivity contribution in [2.75, 3.05) is 0 Å². The molecular formula is C12H16N4O2. The number of nitrogens with one attached hydrogen (secondary N) is 2. The van der Waals surface area contributed by atoms with Crippen molar-refractivity contribution in [1.82, 2.24) is 19.5 Å². The van der Waals surface area contributed by atoms with Gasteiger partial charge in [-0.25, -0.2) is 9.78 Å². The van der Waals surface area contributed by atoms with Crippen LogP contribution in [-0.4, -0.2) is 19.5 Å². The van der Waals surface area contributed by atoms with Gasteiger partial charge in [-0.1, -0.05) is 19.8 Å². The second kappa shape index (κ2) is 3.57. The molecular weight excluding hydrogens is 232 g/mol. The quantitative estimate of drug-likeness (QED) is 0.782. The van der Waals surface area contributed by atoms with Crippen LogP contribution in [0.5, 0.6) is 0 Å². The zero-order valence-corrected chi connectivity index (χ0v) is 10.5. The molecule has 0 aromatic carbocycles. The van der Waals surface area contributed by atoms with Crippen molar-refractivity contribution in [2.24, 2.45) is 7.05 Å². The van der Waals surface area contributed by atoms with E-state index in [0.717, 1.165) is 18.7 Å². The van der Waals surface area contributed by atoms with Gasteiger partial charge in [-0.2, -0.15) is 0 Å². The summed E-state index contributed by atoms with van der Waals surface area (Å²) in [4.78, 5) is 33.1. The molecule has 0 amide bonds. The van der Waals surface area contributed by atoms with Crippen molar-refractivity contribution < 1.29 is 0 Å². The average molecular weight is 248 g/mol. The third-order valence-corrected chi connectivity index (χ3v) is 4.03. The molecule has 96 valence electrons. The van der Waals surface area contributed by atoms with E-state index in [-0.39, 0.29) is 5.41 Å². The summed E-state index contributed by atoms with van der Waals surface area (Å²) in [5, 5.41) is 0. The molecule has 0 saturated heterocycles. The number of hydrogen-bond donors (Lipinski definition) is 2. The summed E-state index contributed by atoms with van der Waals surface area (Å²) in [7, 11) is 1.61. The first-order chi connectivity index (χ1) is 8.51. The molecule has 1 fully saturated rings. The topological polar surface area (TPSA) is 83.5 Å². The Bertz CT molecular complexity index is 716. The van der Waals surface area contributed by atoms with Crippen LogP contribution in [0.25, 0.3) is 11.2 Å². The Kier molecular flexibility index (Phi) is 2.23. The molecule has 2 N–H and O–H groups in total. The van der Waals surface area contributed by atoms with Gasteiger partial charge in [0.25, 0.3) is 5.56 Å². The number of nitrogens with zero attached hydrogens (tertiary/aromatic N) is 2. The molecule has 1 saturated carbocycles. The Labute approximate surface area is 103 Å². The van der Waals surface area contributed by atoms with Crippen LogP contribution in [0.4, 0.5) is 0 Å². The minimum Gasteiger partial charge on any atom is -0.336 e. The maximum absolute atomic E-state index is 11.7. The highest BCUT2D eigenvalue weighted by Gasteiger charge is 2.34. The molecule has 6 nitrogen and oxygen atoms in total. The van der Waals surface area contributed by atoms with Crippen LogP contribution in [-0.2, 0) is 12.5 Å².